The van der Waals surface area contributed by atoms with Crippen molar-refractivity contribution in [2.75, 3.05) is 29.9 Å². The Balaban J connectivity index is 1.44. The number of amides is 2. The summed E-state index contributed by atoms with van der Waals surface area (Å²) < 4.78 is 5.41. The zero-order valence-corrected chi connectivity index (χ0v) is 14.6. The molecule has 2 aromatic rings. The fourth-order valence-corrected chi connectivity index (χ4v) is 3.47. The van der Waals surface area contributed by atoms with E-state index in [1.54, 1.807) is 4.90 Å². The Labute approximate surface area is 152 Å². The second-order valence-corrected chi connectivity index (χ2v) is 6.71. The minimum absolute atomic E-state index is 0.0816. The van der Waals surface area contributed by atoms with Gasteiger partial charge in [-0.05, 0) is 30.2 Å². The first-order chi connectivity index (χ1) is 12.6. The normalized spacial score (nSPS) is 18.7. The number of benzene rings is 2. The monoisotopic (exact) mass is 351 g/mol. The van der Waals surface area contributed by atoms with Gasteiger partial charge in [-0.1, -0.05) is 36.4 Å². The quantitative estimate of drug-likeness (QED) is 0.904. The van der Waals surface area contributed by atoms with Crippen molar-refractivity contribution in [1.29, 1.82) is 0 Å². The first-order valence-electron chi connectivity index (χ1n) is 8.75. The molecule has 1 fully saturated rings. The fraction of sp³-hybridized carbons (Fsp3) is 0.300. The van der Waals surface area contributed by atoms with E-state index in [2.05, 4.69) is 16.3 Å². The van der Waals surface area contributed by atoms with Gasteiger partial charge in [-0.15, -0.1) is 0 Å². The van der Waals surface area contributed by atoms with Gasteiger partial charge in [0.2, 0.25) is 5.91 Å². The third-order valence-electron chi connectivity index (χ3n) is 4.87. The van der Waals surface area contributed by atoms with Crippen molar-refractivity contribution in [3.8, 4) is 0 Å². The molecule has 2 heterocycles. The Bertz CT molecular complexity index is 837. The molecule has 1 N–H and O–H groups in total. The maximum absolute atomic E-state index is 12.5. The minimum atomic E-state index is -0.387. The predicted molar refractivity (Wildman–Crippen MR) is 99.1 cm³/mol. The van der Waals surface area contributed by atoms with Gasteiger partial charge in [-0.3, -0.25) is 4.79 Å². The number of carbonyl (C=O) groups excluding carboxylic acids is 2. The summed E-state index contributed by atoms with van der Waals surface area (Å²) in [4.78, 5) is 28.6. The summed E-state index contributed by atoms with van der Waals surface area (Å²) in [7, 11) is 0. The molecule has 2 aliphatic heterocycles. The molecule has 1 atom stereocenters. The average Bonchev–Trinajstić information content (AvgIpc) is 2.67. The first kappa shape index (κ1) is 16.4. The highest BCUT2D eigenvalue weighted by atomic mass is 16.6. The smallest absolute Gasteiger partial charge is 0.410 e. The van der Waals surface area contributed by atoms with Crippen LogP contribution in [0.1, 0.15) is 11.1 Å². The van der Waals surface area contributed by atoms with Crippen molar-refractivity contribution in [2.45, 2.75) is 19.6 Å². The lowest BCUT2D eigenvalue weighted by molar-refractivity contribution is -0.118. The first-order valence-corrected chi connectivity index (χ1v) is 8.75. The summed E-state index contributed by atoms with van der Waals surface area (Å²) in [5.41, 5.74) is 3.94. The molecule has 2 aliphatic rings. The summed E-state index contributed by atoms with van der Waals surface area (Å²) in [5.74, 6) is -0.0816. The third kappa shape index (κ3) is 3.10. The number of nitrogens with zero attached hydrogens (tertiary/aromatic N) is 2. The molecule has 0 spiro atoms. The topological polar surface area (TPSA) is 61.9 Å². The van der Waals surface area contributed by atoms with Crippen molar-refractivity contribution in [3.05, 3.63) is 59.7 Å². The van der Waals surface area contributed by atoms with Crippen LogP contribution in [-0.4, -0.2) is 42.6 Å². The summed E-state index contributed by atoms with van der Waals surface area (Å²) in [5, 5.41) is 2.94. The Hall–Kier alpha value is -3.02. The number of hydrogen-bond donors (Lipinski definition) is 1. The molecule has 1 saturated heterocycles. The molecule has 0 aliphatic carbocycles. The van der Waals surface area contributed by atoms with Gasteiger partial charge in [0.05, 0.1) is 17.9 Å². The Morgan fingerprint density at radius 3 is 2.81 bits per heavy atom. The van der Waals surface area contributed by atoms with Crippen molar-refractivity contribution < 1.29 is 14.3 Å². The number of piperazine rings is 1. The van der Waals surface area contributed by atoms with E-state index in [0.717, 1.165) is 22.5 Å². The summed E-state index contributed by atoms with van der Waals surface area (Å²) in [6, 6.07) is 15.2. The molecule has 2 aromatic carbocycles. The number of rotatable bonds is 2. The van der Waals surface area contributed by atoms with E-state index in [0.29, 0.717) is 19.6 Å². The van der Waals surface area contributed by atoms with E-state index in [9.17, 15) is 9.59 Å². The van der Waals surface area contributed by atoms with Gasteiger partial charge in [0, 0.05) is 13.1 Å². The highest BCUT2D eigenvalue weighted by molar-refractivity contribution is 6.04. The van der Waals surface area contributed by atoms with E-state index >= 15 is 0 Å². The predicted octanol–water partition coefficient (Wildman–Crippen LogP) is 2.77. The molecule has 0 bridgehead atoms. The van der Waals surface area contributed by atoms with Gasteiger partial charge in [-0.25, -0.2) is 4.79 Å². The van der Waals surface area contributed by atoms with Crippen LogP contribution in [0.2, 0.25) is 0 Å². The lowest BCUT2D eigenvalue weighted by Gasteiger charge is -2.44. The van der Waals surface area contributed by atoms with Crippen molar-refractivity contribution in [2.24, 2.45) is 0 Å². The number of fused-ring (bicyclic) bond motifs is 3. The van der Waals surface area contributed by atoms with E-state index in [-0.39, 0.29) is 24.6 Å². The van der Waals surface area contributed by atoms with E-state index < -0.39 is 0 Å². The Morgan fingerprint density at radius 2 is 2.00 bits per heavy atom. The molecule has 6 heteroatoms. The molecule has 4 rings (SSSR count). The van der Waals surface area contributed by atoms with Crippen LogP contribution < -0.4 is 10.2 Å². The number of carbonyl (C=O) groups is 2. The van der Waals surface area contributed by atoms with Crippen LogP contribution in [0.4, 0.5) is 16.2 Å². The van der Waals surface area contributed by atoms with Crippen molar-refractivity contribution in [1.82, 2.24) is 4.90 Å². The maximum atomic E-state index is 12.5. The fourth-order valence-electron chi connectivity index (χ4n) is 3.47. The average molecular weight is 351 g/mol. The van der Waals surface area contributed by atoms with Gasteiger partial charge >= 0.3 is 6.09 Å². The van der Waals surface area contributed by atoms with Gasteiger partial charge in [0.25, 0.3) is 0 Å². The van der Waals surface area contributed by atoms with E-state index in [4.69, 9.17) is 4.74 Å². The van der Waals surface area contributed by atoms with Crippen LogP contribution in [0, 0.1) is 6.92 Å². The second kappa shape index (κ2) is 6.71. The molecule has 134 valence electrons. The number of ether oxygens (including phenoxy) is 1. The summed E-state index contributed by atoms with van der Waals surface area (Å²) in [6.07, 6.45) is -0.378. The summed E-state index contributed by atoms with van der Waals surface area (Å²) >= 11 is 0. The second-order valence-electron chi connectivity index (χ2n) is 6.71. The Kier molecular flexibility index (Phi) is 4.24. The van der Waals surface area contributed by atoms with E-state index in [1.165, 1.54) is 0 Å². The number of nitrogens with one attached hydrogen (secondary N) is 1. The van der Waals surface area contributed by atoms with Crippen molar-refractivity contribution in [3.63, 3.8) is 0 Å². The number of hydrogen-bond acceptors (Lipinski definition) is 4. The van der Waals surface area contributed by atoms with Gasteiger partial charge in [-0.2, -0.15) is 0 Å². The van der Waals surface area contributed by atoms with Crippen LogP contribution in [0.5, 0.6) is 0 Å². The lowest BCUT2D eigenvalue weighted by atomic mass is 10.0. The maximum Gasteiger partial charge on any atom is 0.410 e. The number of anilines is 2. The molecule has 2 amide bonds. The van der Waals surface area contributed by atoms with Crippen LogP contribution >= 0.6 is 0 Å². The zero-order valence-electron chi connectivity index (χ0n) is 14.6. The van der Waals surface area contributed by atoms with Gasteiger partial charge in [0.1, 0.15) is 12.6 Å². The minimum Gasteiger partial charge on any atom is -0.445 e. The molecular weight excluding hydrogens is 330 g/mol. The highest BCUT2D eigenvalue weighted by Crippen LogP contribution is 2.34. The van der Waals surface area contributed by atoms with Crippen LogP contribution in [0.3, 0.4) is 0 Å². The van der Waals surface area contributed by atoms with Gasteiger partial charge in [0.15, 0.2) is 0 Å². The zero-order chi connectivity index (χ0) is 18.1. The Morgan fingerprint density at radius 1 is 1.19 bits per heavy atom. The van der Waals surface area contributed by atoms with Crippen LogP contribution in [-0.2, 0) is 16.1 Å². The highest BCUT2D eigenvalue weighted by Gasteiger charge is 2.39. The SMILES string of the molecule is Cc1ccc2c(c1)N1CCN(C(=O)OCc3ccccc3)CC1C(=O)N2. The third-order valence-corrected chi connectivity index (χ3v) is 4.87. The van der Waals surface area contributed by atoms with Crippen molar-refractivity contribution >= 4 is 23.4 Å². The molecule has 26 heavy (non-hydrogen) atoms. The molecule has 6 nitrogen and oxygen atoms in total. The standard InChI is InChI=1S/C20H21N3O3/c1-14-7-8-16-17(11-14)23-10-9-22(12-18(23)19(24)21-16)20(25)26-13-15-5-3-2-4-6-15/h2-8,11,18H,9-10,12-13H2,1H3,(H,21,24). The number of aryl methyl sites for hydroxylation is 1. The molecule has 0 radical (unpaired) electrons. The largest absolute Gasteiger partial charge is 0.445 e. The van der Waals surface area contributed by atoms with E-state index in [1.807, 2.05) is 49.4 Å². The molecular formula is C20H21N3O3. The van der Waals surface area contributed by atoms with Crippen LogP contribution in [0.15, 0.2) is 48.5 Å². The summed E-state index contributed by atoms with van der Waals surface area (Å²) in [6.45, 7) is 3.73. The molecule has 0 aromatic heterocycles. The van der Waals surface area contributed by atoms with Crippen LogP contribution in [0.25, 0.3) is 0 Å². The molecule has 0 saturated carbocycles. The molecule has 1 unspecified atom stereocenters. The van der Waals surface area contributed by atoms with Gasteiger partial charge < -0.3 is 19.9 Å². The lowest BCUT2D eigenvalue weighted by Crippen LogP contribution is -2.61.